The zero-order valence-corrected chi connectivity index (χ0v) is 7.77. The van der Waals surface area contributed by atoms with Crippen molar-refractivity contribution in [3.05, 3.63) is 35.8 Å². The lowest BCUT2D eigenvalue weighted by Gasteiger charge is -2.11. The molecule has 0 aliphatic carbocycles. The Kier molecular flexibility index (Phi) is 3.38. The average Bonchev–Trinajstić information content (AvgIpc) is 2.47. The summed E-state index contributed by atoms with van der Waals surface area (Å²) >= 11 is 5.81. The van der Waals surface area contributed by atoms with Gasteiger partial charge in [0.2, 0.25) is 0 Å². The third kappa shape index (κ3) is 1.90. The van der Waals surface area contributed by atoms with Gasteiger partial charge in [-0.1, -0.05) is 6.08 Å². The van der Waals surface area contributed by atoms with Crippen LogP contribution in [0.1, 0.15) is 18.0 Å². The molecule has 1 N–H and O–H groups in total. The van der Waals surface area contributed by atoms with Crippen LogP contribution in [-0.4, -0.2) is 7.05 Å². The van der Waals surface area contributed by atoms with E-state index >= 15 is 0 Å². The van der Waals surface area contributed by atoms with Gasteiger partial charge in [0.05, 0.1) is 6.26 Å². The molecule has 1 unspecified atom stereocenters. The van der Waals surface area contributed by atoms with Crippen LogP contribution in [0.3, 0.4) is 0 Å². The molecule has 0 saturated heterocycles. The van der Waals surface area contributed by atoms with Crippen LogP contribution in [0.5, 0.6) is 0 Å². The number of hydrogen-bond acceptors (Lipinski definition) is 2. The Labute approximate surface area is 77.2 Å². The minimum absolute atomic E-state index is 0.203. The highest BCUT2D eigenvalue weighted by atomic mass is 35.5. The van der Waals surface area contributed by atoms with Gasteiger partial charge in [0.15, 0.2) is 5.22 Å². The third-order valence-corrected chi connectivity index (χ3v) is 2.08. The van der Waals surface area contributed by atoms with Gasteiger partial charge in [-0.3, -0.25) is 0 Å². The molecule has 0 aromatic carbocycles. The molecule has 0 bridgehead atoms. The molecule has 0 aliphatic heterocycles. The van der Waals surface area contributed by atoms with Gasteiger partial charge in [-0.2, -0.15) is 0 Å². The molecule has 3 heteroatoms. The number of rotatable bonds is 4. The van der Waals surface area contributed by atoms with E-state index in [1.807, 2.05) is 19.2 Å². The molecule has 0 saturated carbocycles. The van der Waals surface area contributed by atoms with Crippen molar-refractivity contribution in [1.29, 1.82) is 0 Å². The second kappa shape index (κ2) is 4.33. The van der Waals surface area contributed by atoms with Crippen LogP contribution >= 0.6 is 11.6 Å². The quantitative estimate of drug-likeness (QED) is 0.730. The Bertz CT molecular complexity index is 257. The highest BCUT2D eigenvalue weighted by Crippen LogP contribution is 2.25. The second-order valence-electron chi connectivity index (χ2n) is 2.52. The average molecular weight is 186 g/mol. The van der Waals surface area contributed by atoms with E-state index in [9.17, 15) is 0 Å². The lowest BCUT2D eigenvalue weighted by Crippen LogP contribution is -2.14. The minimum atomic E-state index is 0.203. The van der Waals surface area contributed by atoms with Gasteiger partial charge < -0.3 is 9.73 Å². The summed E-state index contributed by atoms with van der Waals surface area (Å²) in [5.41, 5.74) is 0.985. The van der Waals surface area contributed by atoms with Crippen molar-refractivity contribution >= 4 is 11.6 Å². The fourth-order valence-corrected chi connectivity index (χ4v) is 1.37. The Morgan fingerprint density at radius 2 is 2.58 bits per heavy atom. The zero-order chi connectivity index (χ0) is 8.97. The fraction of sp³-hybridized carbons (Fsp3) is 0.333. The molecule has 12 heavy (non-hydrogen) atoms. The molecule has 0 spiro atoms. The maximum atomic E-state index is 5.81. The monoisotopic (exact) mass is 185 g/mol. The van der Waals surface area contributed by atoms with E-state index in [0.717, 1.165) is 12.0 Å². The van der Waals surface area contributed by atoms with Crippen LogP contribution in [0.15, 0.2) is 29.4 Å². The van der Waals surface area contributed by atoms with Gasteiger partial charge in [-0.25, -0.2) is 0 Å². The molecule has 0 aliphatic rings. The normalized spacial score (nSPS) is 12.8. The molecule has 1 heterocycles. The highest BCUT2D eigenvalue weighted by Gasteiger charge is 2.12. The summed E-state index contributed by atoms with van der Waals surface area (Å²) in [6.45, 7) is 3.67. The van der Waals surface area contributed by atoms with Gasteiger partial charge in [0, 0.05) is 11.6 Å². The van der Waals surface area contributed by atoms with E-state index in [4.69, 9.17) is 16.0 Å². The predicted molar refractivity (Wildman–Crippen MR) is 50.3 cm³/mol. The standard InChI is InChI=1S/C9H12ClNO/c1-3-4-8(11-2)7-5-6-12-9(7)10/h3,5-6,8,11H,1,4H2,2H3. The maximum absolute atomic E-state index is 5.81. The van der Waals surface area contributed by atoms with Crippen LogP contribution < -0.4 is 5.32 Å². The topological polar surface area (TPSA) is 25.2 Å². The van der Waals surface area contributed by atoms with E-state index < -0.39 is 0 Å². The van der Waals surface area contributed by atoms with Crippen molar-refractivity contribution in [2.75, 3.05) is 7.05 Å². The summed E-state index contributed by atoms with van der Waals surface area (Å²) in [5.74, 6) is 0. The number of halogens is 1. The first-order valence-corrected chi connectivity index (χ1v) is 4.18. The summed E-state index contributed by atoms with van der Waals surface area (Å²) in [4.78, 5) is 0. The lowest BCUT2D eigenvalue weighted by molar-refractivity contribution is 0.547. The van der Waals surface area contributed by atoms with E-state index in [1.54, 1.807) is 6.26 Å². The highest BCUT2D eigenvalue weighted by molar-refractivity contribution is 6.29. The van der Waals surface area contributed by atoms with Crippen molar-refractivity contribution in [3.8, 4) is 0 Å². The summed E-state index contributed by atoms with van der Waals surface area (Å²) in [6.07, 6.45) is 4.28. The molecule has 66 valence electrons. The van der Waals surface area contributed by atoms with E-state index in [2.05, 4.69) is 11.9 Å². The molecule has 0 fully saturated rings. The fourth-order valence-electron chi connectivity index (χ4n) is 1.12. The van der Waals surface area contributed by atoms with Crippen molar-refractivity contribution in [1.82, 2.24) is 5.32 Å². The van der Waals surface area contributed by atoms with Crippen molar-refractivity contribution < 1.29 is 4.42 Å². The predicted octanol–water partition coefficient (Wildman–Crippen LogP) is 2.77. The smallest absolute Gasteiger partial charge is 0.197 e. The summed E-state index contributed by atoms with van der Waals surface area (Å²) in [6, 6.07) is 2.07. The lowest BCUT2D eigenvalue weighted by atomic mass is 10.1. The Morgan fingerprint density at radius 3 is 3.00 bits per heavy atom. The first-order valence-electron chi connectivity index (χ1n) is 3.80. The molecular weight excluding hydrogens is 174 g/mol. The first kappa shape index (κ1) is 9.36. The maximum Gasteiger partial charge on any atom is 0.197 e. The number of nitrogens with one attached hydrogen (secondary N) is 1. The third-order valence-electron chi connectivity index (χ3n) is 1.77. The van der Waals surface area contributed by atoms with Gasteiger partial charge in [0.1, 0.15) is 0 Å². The Balaban J connectivity index is 2.78. The van der Waals surface area contributed by atoms with E-state index in [-0.39, 0.29) is 6.04 Å². The summed E-state index contributed by atoms with van der Waals surface area (Å²) in [7, 11) is 1.89. The number of furan rings is 1. The van der Waals surface area contributed by atoms with Crippen molar-refractivity contribution in [3.63, 3.8) is 0 Å². The van der Waals surface area contributed by atoms with Gasteiger partial charge in [0.25, 0.3) is 0 Å². The molecule has 1 aromatic rings. The van der Waals surface area contributed by atoms with Crippen molar-refractivity contribution in [2.24, 2.45) is 0 Å². The molecule has 1 rings (SSSR count). The van der Waals surface area contributed by atoms with Crippen LogP contribution in [0.2, 0.25) is 5.22 Å². The van der Waals surface area contributed by atoms with Crippen LogP contribution in [0.4, 0.5) is 0 Å². The molecule has 1 aromatic heterocycles. The van der Waals surface area contributed by atoms with Crippen LogP contribution in [0.25, 0.3) is 0 Å². The molecule has 2 nitrogen and oxygen atoms in total. The number of hydrogen-bond donors (Lipinski definition) is 1. The molecule has 0 radical (unpaired) electrons. The molecule has 1 atom stereocenters. The second-order valence-corrected chi connectivity index (χ2v) is 2.86. The van der Waals surface area contributed by atoms with Crippen LogP contribution in [0, 0.1) is 0 Å². The van der Waals surface area contributed by atoms with Gasteiger partial charge in [-0.15, -0.1) is 6.58 Å². The van der Waals surface area contributed by atoms with Crippen molar-refractivity contribution in [2.45, 2.75) is 12.5 Å². The Morgan fingerprint density at radius 1 is 1.83 bits per heavy atom. The molecule has 0 amide bonds. The summed E-state index contributed by atoms with van der Waals surface area (Å²) in [5, 5.41) is 3.59. The Hall–Kier alpha value is -0.730. The minimum Gasteiger partial charge on any atom is -0.453 e. The van der Waals surface area contributed by atoms with Gasteiger partial charge >= 0.3 is 0 Å². The summed E-state index contributed by atoms with van der Waals surface area (Å²) < 4.78 is 4.98. The zero-order valence-electron chi connectivity index (χ0n) is 7.01. The first-order chi connectivity index (χ1) is 5.79. The largest absolute Gasteiger partial charge is 0.453 e. The van der Waals surface area contributed by atoms with Gasteiger partial charge in [-0.05, 0) is 31.1 Å². The van der Waals surface area contributed by atoms with E-state index in [0.29, 0.717) is 5.22 Å². The van der Waals surface area contributed by atoms with E-state index in [1.165, 1.54) is 0 Å². The van der Waals surface area contributed by atoms with Crippen LogP contribution in [-0.2, 0) is 0 Å². The SMILES string of the molecule is C=CCC(NC)c1ccoc1Cl. The molecular formula is C9H12ClNO.